The lowest BCUT2D eigenvalue weighted by molar-refractivity contribution is 0.0515. The predicted molar refractivity (Wildman–Crippen MR) is 161 cm³/mol. The van der Waals surface area contributed by atoms with Gasteiger partial charge in [-0.3, -0.25) is 0 Å². The highest BCUT2D eigenvalue weighted by atomic mass is 35.5. The zero-order valence-corrected chi connectivity index (χ0v) is 24.3. The van der Waals surface area contributed by atoms with Crippen molar-refractivity contribution in [2.75, 3.05) is 54.5 Å². The summed E-state index contributed by atoms with van der Waals surface area (Å²) in [4.78, 5) is 14.7. The summed E-state index contributed by atoms with van der Waals surface area (Å²) < 4.78 is 5.70. The fourth-order valence-electron chi connectivity index (χ4n) is 5.99. The van der Waals surface area contributed by atoms with Gasteiger partial charge in [0.1, 0.15) is 11.6 Å². The van der Waals surface area contributed by atoms with Crippen molar-refractivity contribution < 1.29 is 4.74 Å². The number of nitrogens with zero attached hydrogens (tertiary/aromatic N) is 4. The summed E-state index contributed by atoms with van der Waals surface area (Å²) in [7, 11) is 0. The van der Waals surface area contributed by atoms with E-state index in [0.717, 1.165) is 68.3 Å². The molecule has 2 N–H and O–H groups in total. The van der Waals surface area contributed by atoms with Gasteiger partial charge in [0.2, 0.25) is 5.95 Å². The molecule has 3 aliphatic heterocycles. The Labute approximate surface area is 237 Å². The number of benzene rings is 1. The molecule has 38 heavy (non-hydrogen) atoms. The summed E-state index contributed by atoms with van der Waals surface area (Å²) in [6.07, 6.45) is 7.92. The van der Waals surface area contributed by atoms with Crippen LogP contribution in [-0.2, 0) is 10.2 Å². The molecule has 3 fully saturated rings. The molecular weight excluding hydrogens is 516 g/mol. The van der Waals surface area contributed by atoms with Gasteiger partial charge in [-0.05, 0) is 87.7 Å². The molecule has 7 nitrogen and oxygen atoms in total. The third-order valence-corrected chi connectivity index (χ3v) is 9.12. The van der Waals surface area contributed by atoms with E-state index in [2.05, 4.69) is 52.5 Å². The summed E-state index contributed by atoms with van der Waals surface area (Å²) >= 11 is 12.0. The summed E-state index contributed by atoms with van der Waals surface area (Å²) in [5.74, 6) is 3.32. The smallest absolute Gasteiger partial charge is 0.232 e. The van der Waals surface area contributed by atoms with E-state index in [0.29, 0.717) is 23.6 Å². The lowest BCUT2D eigenvalue weighted by atomic mass is 9.74. The van der Waals surface area contributed by atoms with E-state index in [-0.39, 0.29) is 5.41 Å². The minimum atomic E-state index is -0.0594. The van der Waals surface area contributed by atoms with Gasteiger partial charge in [-0.1, -0.05) is 30.7 Å². The molecule has 1 aromatic heterocycles. The van der Waals surface area contributed by atoms with Gasteiger partial charge in [0.25, 0.3) is 0 Å². The topological polar surface area (TPSA) is 65.5 Å². The third kappa shape index (κ3) is 6.52. The van der Waals surface area contributed by atoms with Crippen LogP contribution in [0.4, 0.5) is 17.6 Å². The molecule has 5 rings (SSSR count). The predicted octanol–water partition coefficient (Wildman–Crippen LogP) is 5.78. The molecule has 2 aromatic rings. The molecule has 9 heteroatoms. The second kappa shape index (κ2) is 12.3. The first kappa shape index (κ1) is 27.4. The van der Waals surface area contributed by atoms with Gasteiger partial charge in [0.05, 0.1) is 0 Å². The van der Waals surface area contributed by atoms with Crippen LogP contribution in [0.25, 0.3) is 0 Å². The third-order valence-electron chi connectivity index (χ3n) is 8.62. The number of hydrogen-bond acceptors (Lipinski definition) is 6. The normalized spacial score (nSPS) is 22.2. The molecule has 0 amide bonds. The van der Waals surface area contributed by atoms with Crippen molar-refractivity contribution in [1.82, 2.24) is 15.3 Å². The molecule has 0 aliphatic carbocycles. The number of halogens is 1. The Morgan fingerprint density at radius 1 is 1.03 bits per heavy atom. The Bertz CT molecular complexity index is 1080. The standard InChI is InChI=1S/C29H41ClN6OS/c1-21-10-15-35(16-11-21)25-19-26(36-14-4-3-5-22(36)2)33-27(32-25)34-28(38)31-20-29(12-17-37-18-13-29)23-6-8-24(30)9-7-23/h6-9,19,21-22H,3-5,10-18,20H2,1-2H3,(H2,31,32,33,34,38)/t22-/m1/s1. The first-order valence-electron chi connectivity index (χ1n) is 14.2. The van der Waals surface area contributed by atoms with Crippen LogP contribution in [0.3, 0.4) is 0 Å². The second-order valence-corrected chi connectivity index (χ2v) is 12.2. The SMILES string of the molecule is CC1CCN(c2cc(N3CCCC[C@H]3C)nc(NC(=S)NCC3(c4ccc(Cl)cc4)CCOCC3)n2)CC1. The number of aromatic nitrogens is 2. The first-order valence-corrected chi connectivity index (χ1v) is 15.0. The van der Waals surface area contributed by atoms with Gasteiger partial charge in [-0.2, -0.15) is 9.97 Å². The Kier molecular flexibility index (Phi) is 8.91. The van der Waals surface area contributed by atoms with Crippen LogP contribution < -0.4 is 20.4 Å². The maximum absolute atomic E-state index is 6.18. The number of rotatable bonds is 6. The molecule has 206 valence electrons. The van der Waals surface area contributed by atoms with Gasteiger partial charge in [-0.15, -0.1) is 0 Å². The quantitative estimate of drug-likeness (QED) is 0.434. The van der Waals surface area contributed by atoms with Crippen LogP contribution in [-0.4, -0.2) is 60.5 Å². The first-order chi connectivity index (χ1) is 18.4. The molecule has 4 heterocycles. The van der Waals surface area contributed by atoms with Crippen molar-refractivity contribution >= 4 is 46.5 Å². The number of ether oxygens (including phenoxy) is 1. The van der Waals surface area contributed by atoms with Gasteiger partial charge in [-0.25, -0.2) is 0 Å². The Morgan fingerprint density at radius 2 is 1.74 bits per heavy atom. The van der Waals surface area contributed by atoms with Gasteiger partial charge < -0.3 is 25.2 Å². The summed E-state index contributed by atoms with van der Waals surface area (Å²) in [6, 6.07) is 10.8. The van der Waals surface area contributed by atoms with Crippen molar-refractivity contribution in [2.24, 2.45) is 5.92 Å². The van der Waals surface area contributed by atoms with Crippen LogP contribution in [0.2, 0.25) is 5.02 Å². The molecule has 0 unspecified atom stereocenters. The van der Waals surface area contributed by atoms with Gasteiger partial charge in [0.15, 0.2) is 5.11 Å². The van der Waals surface area contributed by atoms with Crippen LogP contribution >= 0.6 is 23.8 Å². The molecule has 1 atom stereocenters. The van der Waals surface area contributed by atoms with Crippen LogP contribution in [0.1, 0.15) is 64.4 Å². The summed E-state index contributed by atoms with van der Waals surface area (Å²) in [6.45, 7) is 9.91. The van der Waals surface area contributed by atoms with E-state index in [9.17, 15) is 0 Å². The maximum Gasteiger partial charge on any atom is 0.232 e. The van der Waals surface area contributed by atoms with Crippen molar-refractivity contribution in [1.29, 1.82) is 0 Å². The lowest BCUT2D eigenvalue weighted by Gasteiger charge is -2.38. The number of hydrogen-bond donors (Lipinski definition) is 2. The monoisotopic (exact) mass is 556 g/mol. The Hall–Kier alpha value is -2.16. The molecule has 0 spiro atoms. The Balaban J connectivity index is 1.33. The van der Waals surface area contributed by atoms with E-state index in [1.165, 1.54) is 37.7 Å². The molecular formula is C29H41ClN6OS. The fourth-order valence-corrected chi connectivity index (χ4v) is 6.28. The van der Waals surface area contributed by atoms with Crippen molar-refractivity contribution in [3.8, 4) is 0 Å². The van der Waals surface area contributed by atoms with Crippen molar-refractivity contribution in [3.63, 3.8) is 0 Å². The van der Waals surface area contributed by atoms with Crippen LogP contribution in [0.5, 0.6) is 0 Å². The average Bonchev–Trinajstić information content (AvgIpc) is 2.93. The zero-order chi connectivity index (χ0) is 26.5. The molecule has 3 saturated heterocycles. The average molecular weight is 557 g/mol. The van der Waals surface area contributed by atoms with Crippen molar-refractivity contribution in [2.45, 2.75) is 70.3 Å². The summed E-state index contributed by atoms with van der Waals surface area (Å²) in [5, 5.41) is 8.12. The molecule has 0 radical (unpaired) electrons. The van der Waals surface area contributed by atoms with E-state index in [1.807, 2.05) is 12.1 Å². The molecule has 0 saturated carbocycles. The lowest BCUT2D eigenvalue weighted by Crippen LogP contribution is -2.45. The summed E-state index contributed by atoms with van der Waals surface area (Å²) in [5.41, 5.74) is 1.20. The highest BCUT2D eigenvalue weighted by Crippen LogP contribution is 2.35. The van der Waals surface area contributed by atoms with E-state index < -0.39 is 0 Å². The minimum absolute atomic E-state index is 0.0594. The number of piperidine rings is 2. The van der Waals surface area contributed by atoms with E-state index in [1.54, 1.807) is 0 Å². The largest absolute Gasteiger partial charge is 0.381 e. The molecule has 1 aromatic carbocycles. The highest BCUT2D eigenvalue weighted by Gasteiger charge is 2.34. The van der Waals surface area contributed by atoms with Gasteiger partial charge in [0, 0.05) is 61.9 Å². The number of thiocarbonyl (C=S) groups is 1. The zero-order valence-electron chi connectivity index (χ0n) is 22.7. The van der Waals surface area contributed by atoms with Crippen molar-refractivity contribution in [3.05, 3.63) is 40.9 Å². The van der Waals surface area contributed by atoms with Gasteiger partial charge >= 0.3 is 0 Å². The van der Waals surface area contributed by atoms with Crippen LogP contribution in [0, 0.1) is 5.92 Å². The number of anilines is 3. The molecule has 0 bridgehead atoms. The second-order valence-electron chi connectivity index (χ2n) is 11.3. The molecule has 3 aliphatic rings. The van der Waals surface area contributed by atoms with Crippen LogP contribution in [0.15, 0.2) is 30.3 Å². The Morgan fingerprint density at radius 3 is 2.45 bits per heavy atom. The maximum atomic E-state index is 6.18. The van der Waals surface area contributed by atoms with E-state index >= 15 is 0 Å². The highest BCUT2D eigenvalue weighted by molar-refractivity contribution is 7.80. The number of nitrogens with one attached hydrogen (secondary N) is 2. The fraction of sp³-hybridized carbons (Fsp3) is 0.621. The van der Waals surface area contributed by atoms with E-state index in [4.69, 9.17) is 38.5 Å². The minimum Gasteiger partial charge on any atom is -0.381 e.